The lowest BCUT2D eigenvalue weighted by Crippen LogP contribution is -2.40. The molecule has 0 aliphatic carbocycles. The molecule has 0 fully saturated rings. The Bertz CT molecular complexity index is 1870. The van der Waals surface area contributed by atoms with Gasteiger partial charge in [0.15, 0.2) is 16.3 Å². The Hall–Kier alpha value is -4.37. The fraction of sp³-hybridized carbons (Fsp3) is 0.233. The third-order valence-corrected chi connectivity index (χ3v) is 7.97. The average Bonchev–Trinajstić information content (AvgIpc) is 3.50. The zero-order chi connectivity index (χ0) is 27.3. The number of carbonyl (C=O) groups is 1. The van der Waals surface area contributed by atoms with Crippen molar-refractivity contribution >= 4 is 34.2 Å². The molecule has 2 aliphatic heterocycles. The standard InChI is InChI=1S/C30H26N2O6S/c1-5-36-29(34)25-17(3)31-30-32(27(25)26-20-9-7-6-8-18(20)10-11-21(26)35-4)28(33)24(39-30)14-19-13-23-22(12-16(19)2)37-15-38-23/h6-14,27H,5,15H2,1-4H3/t27-/m1/s1. The molecule has 3 heterocycles. The predicted molar refractivity (Wildman–Crippen MR) is 148 cm³/mol. The maximum absolute atomic E-state index is 14.1. The molecule has 0 saturated heterocycles. The number of hydrogen-bond acceptors (Lipinski definition) is 8. The van der Waals surface area contributed by atoms with Crippen LogP contribution in [-0.2, 0) is 9.53 Å². The topological polar surface area (TPSA) is 88.4 Å². The highest BCUT2D eigenvalue weighted by atomic mass is 32.1. The quantitative estimate of drug-likeness (QED) is 0.355. The fourth-order valence-electron chi connectivity index (χ4n) is 5.16. The van der Waals surface area contributed by atoms with E-state index in [2.05, 4.69) is 0 Å². The SMILES string of the molecule is CCOC(=O)C1=C(C)N=c2sc(=Cc3cc4c(cc3C)OCO4)c(=O)n2[C@H]1c1c(OC)ccc2ccccc12. The third-order valence-electron chi connectivity index (χ3n) is 6.99. The molecule has 3 aromatic carbocycles. The minimum atomic E-state index is -0.790. The monoisotopic (exact) mass is 542 g/mol. The van der Waals surface area contributed by atoms with Gasteiger partial charge in [-0.05, 0) is 66.9 Å². The van der Waals surface area contributed by atoms with Gasteiger partial charge < -0.3 is 18.9 Å². The van der Waals surface area contributed by atoms with Gasteiger partial charge in [-0.2, -0.15) is 0 Å². The van der Waals surface area contributed by atoms with Gasteiger partial charge in [0, 0.05) is 5.56 Å². The minimum absolute atomic E-state index is 0.170. The van der Waals surface area contributed by atoms with Gasteiger partial charge in [-0.1, -0.05) is 41.7 Å². The van der Waals surface area contributed by atoms with Gasteiger partial charge in [0.2, 0.25) is 6.79 Å². The van der Waals surface area contributed by atoms with E-state index in [0.29, 0.717) is 43.4 Å². The molecule has 39 heavy (non-hydrogen) atoms. The van der Waals surface area contributed by atoms with Crippen LogP contribution >= 0.6 is 11.3 Å². The Morgan fingerprint density at radius 3 is 2.69 bits per heavy atom. The number of methoxy groups -OCH3 is 1. The van der Waals surface area contributed by atoms with Crippen LogP contribution in [-0.4, -0.2) is 31.0 Å². The second kappa shape index (κ2) is 9.74. The van der Waals surface area contributed by atoms with Crippen molar-refractivity contribution < 1.29 is 23.7 Å². The number of nitrogens with zero attached hydrogens (tertiary/aromatic N) is 2. The Labute approximate surface area is 228 Å². The summed E-state index contributed by atoms with van der Waals surface area (Å²) in [7, 11) is 1.58. The van der Waals surface area contributed by atoms with Crippen LogP contribution in [0.2, 0.25) is 0 Å². The molecule has 8 nitrogen and oxygen atoms in total. The van der Waals surface area contributed by atoms with Gasteiger partial charge in [0.25, 0.3) is 5.56 Å². The summed E-state index contributed by atoms with van der Waals surface area (Å²) in [6.07, 6.45) is 1.84. The Balaban J connectivity index is 1.64. The lowest BCUT2D eigenvalue weighted by Gasteiger charge is -2.27. The number of rotatable bonds is 5. The molecule has 0 spiro atoms. The number of allylic oxidation sites excluding steroid dienone is 1. The summed E-state index contributed by atoms with van der Waals surface area (Å²) in [5.41, 5.74) is 3.04. The van der Waals surface area contributed by atoms with Crippen LogP contribution in [0.5, 0.6) is 17.2 Å². The van der Waals surface area contributed by atoms with Gasteiger partial charge in [-0.3, -0.25) is 9.36 Å². The summed E-state index contributed by atoms with van der Waals surface area (Å²) >= 11 is 1.28. The molecular weight excluding hydrogens is 516 g/mol. The molecule has 0 N–H and O–H groups in total. The predicted octanol–water partition coefficient (Wildman–Crippen LogP) is 4.00. The van der Waals surface area contributed by atoms with Crippen molar-refractivity contribution in [2.24, 2.45) is 4.99 Å². The lowest BCUT2D eigenvalue weighted by molar-refractivity contribution is -0.139. The molecule has 0 unspecified atom stereocenters. The molecule has 9 heteroatoms. The highest BCUT2D eigenvalue weighted by molar-refractivity contribution is 7.07. The molecule has 4 aromatic rings. The van der Waals surface area contributed by atoms with E-state index in [1.165, 1.54) is 11.3 Å². The summed E-state index contributed by atoms with van der Waals surface area (Å²) in [4.78, 5) is 32.7. The van der Waals surface area contributed by atoms with Gasteiger partial charge in [0.1, 0.15) is 11.8 Å². The number of fused-ring (bicyclic) bond motifs is 3. The van der Waals surface area contributed by atoms with E-state index in [1.54, 1.807) is 25.5 Å². The third kappa shape index (κ3) is 4.10. The number of thiazole rings is 1. The number of aromatic nitrogens is 1. The number of ether oxygens (including phenoxy) is 4. The molecule has 198 valence electrons. The van der Waals surface area contributed by atoms with E-state index >= 15 is 0 Å². The van der Waals surface area contributed by atoms with Crippen LogP contribution in [0.1, 0.15) is 36.6 Å². The second-order valence-corrected chi connectivity index (χ2v) is 10.3. The van der Waals surface area contributed by atoms with Gasteiger partial charge >= 0.3 is 5.97 Å². The van der Waals surface area contributed by atoms with Crippen molar-refractivity contribution in [1.82, 2.24) is 4.57 Å². The molecule has 0 amide bonds. The number of benzene rings is 3. The normalized spacial score (nSPS) is 16.3. The molecule has 0 saturated carbocycles. The average molecular weight is 543 g/mol. The minimum Gasteiger partial charge on any atom is -0.496 e. The smallest absolute Gasteiger partial charge is 0.338 e. The first-order chi connectivity index (χ1) is 18.9. The van der Waals surface area contributed by atoms with E-state index < -0.39 is 12.0 Å². The maximum atomic E-state index is 14.1. The first kappa shape index (κ1) is 24.9. The van der Waals surface area contributed by atoms with Crippen molar-refractivity contribution in [3.8, 4) is 17.2 Å². The van der Waals surface area contributed by atoms with Crippen LogP contribution < -0.4 is 29.1 Å². The number of hydrogen-bond donors (Lipinski definition) is 0. The van der Waals surface area contributed by atoms with Crippen molar-refractivity contribution in [3.05, 3.63) is 96.2 Å². The van der Waals surface area contributed by atoms with Crippen LogP contribution in [0.15, 0.2) is 69.6 Å². The van der Waals surface area contributed by atoms with E-state index in [9.17, 15) is 9.59 Å². The lowest BCUT2D eigenvalue weighted by atomic mass is 9.90. The Morgan fingerprint density at radius 2 is 1.92 bits per heavy atom. The maximum Gasteiger partial charge on any atom is 0.338 e. The van der Waals surface area contributed by atoms with Gasteiger partial charge in [-0.25, -0.2) is 9.79 Å². The summed E-state index contributed by atoms with van der Waals surface area (Å²) in [5.74, 6) is 1.37. The summed E-state index contributed by atoms with van der Waals surface area (Å²) < 4.78 is 24.4. The van der Waals surface area contributed by atoms with Crippen molar-refractivity contribution in [2.75, 3.05) is 20.5 Å². The first-order valence-corrected chi connectivity index (χ1v) is 13.4. The Morgan fingerprint density at radius 1 is 1.15 bits per heavy atom. The number of esters is 1. The molecular formula is C30H26N2O6S. The molecule has 2 aliphatic rings. The molecule has 0 radical (unpaired) electrons. The summed E-state index contributed by atoms with van der Waals surface area (Å²) in [6, 6.07) is 14.6. The van der Waals surface area contributed by atoms with E-state index in [4.69, 9.17) is 23.9 Å². The van der Waals surface area contributed by atoms with Crippen LogP contribution in [0.3, 0.4) is 0 Å². The van der Waals surface area contributed by atoms with E-state index in [-0.39, 0.29) is 19.0 Å². The van der Waals surface area contributed by atoms with Crippen molar-refractivity contribution in [3.63, 3.8) is 0 Å². The van der Waals surface area contributed by atoms with Crippen LogP contribution in [0, 0.1) is 6.92 Å². The zero-order valence-electron chi connectivity index (χ0n) is 21.9. The molecule has 1 aromatic heterocycles. The largest absolute Gasteiger partial charge is 0.496 e. The second-order valence-electron chi connectivity index (χ2n) is 9.27. The van der Waals surface area contributed by atoms with E-state index in [1.807, 2.05) is 61.5 Å². The van der Waals surface area contributed by atoms with Gasteiger partial charge in [0.05, 0.1) is 29.5 Å². The highest BCUT2D eigenvalue weighted by Crippen LogP contribution is 2.40. The molecule has 6 rings (SSSR count). The zero-order valence-corrected chi connectivity index (χ0v) is 22.8. The summed E-state index contributed by atoms with van der Waals surface area (Å²) in [6.45, 7) is 5.85. The first-order valence-electron chi connectivity index (χ1n) is 12.6. The number of carbonyl (C=O) groups excluding carboxylic acids is 1. The van der Waals surface area contributed by atoms with Crippen molar-refractivity contribution in [2.45, 2.75) is 26.8 Å². The van der Waals surface area contributed by atoms with Crippen LogP contribution in [0.4, 0.5) is 0 Å². The highest BCUT2D eigenvalue weighted by Gasteiger charge is 2.36. The molecule has 1 atom stereocenters. The summed E-state index contributed by atoms with van der Waals surface area (Å²) in [5, 5.41) is 1.84. The van der Waals surface area contributed by atoms with Gasteiger partial charge in [-0.15, -0.1) is 0 Å². The fourth-order valence-corrected chi connectivity index (χ4v) is 6.19. The Kier molecular flexibility index (Phi) is 6.23. The van der Waals surface area contributed by atoms with Crippen molar-refractivity contribution in [1.29, 1.82) is 0 Å². The molecule has 0 bridgehead atoms. The van der Waals surface area contributed by atoms with Crippen LogP contribution in [0.25, 0.3) is 16.8 Å². The number of aryl methyl sites for hydroxylation is 1. The van der Waals surface area contributed by atoms with E-state index in [0.717, 1.165) is 21.9 Å².